The summed E-state index contributed by atoms with van der Waals surface area (Å²) in [6.45, 7) is 4.50. The highest BCUT2D eigenvalue weighted by atomic mass is 19.1. The second-order valence-electron chi connectivity index (χ2n) is 8.61. The van der Waals surface area contributed by atoms with Gasteiger partial charge in [0.1, 0.15) is 11.8 Å². The summed E-state index contributed by atoms with van der Waals surface area (Å²) in [6, 6.07) is 7.36. The van der Waals surface area contributed by atoms with E-state index < -0.39 is 5.82 Å². The van der Waals surface area contributed by atoms with Crippen LogP contribution in [0.1, 0.15) is 40.9 Å². The number of nitrogens with zero attached hydrogens (tertiary/aromatic N) is 5. The van der Waals surface area contributed by atoms with Crippen LogP contribution in [0.2, 0.25) is 0 Å². The molecule has 0 N–H and O–H groups in total. The first kappa shape index (κ1) is 20.5. The lowest BCUT2D eigenvalue weighted by Crippen LogP contribution is -2.59. The maximum Gasteiger partial charge on any atom is 0.256 e. The standard InChI is InChI=1S/C24H24FN5O2/c1-14-3-8-21(26-10-14)32-20-9-16-5-7-19(20)30(13-16)24(31)18-6-4-15(2)29-22(18)23-27-11-17(25)12-28-23/h3-4,6,8,10-12,16,19-20H,5,7,9,13H2,1-2H3. The van der Waals surface area contributed by atoms with Gasteiger partial charge in [0.25, 0.3) is 5.91 Å². The Morgan fingerprint density at radius 2 is 1.88 bits per heavy atom. The van der Waals surface area contributed by atoms with Crippen molar-refractivity contribution in [2.75, 3.05) is 6.54 Å². The molecule has 7 nitrogen and oxygen atoms in total. The van der Waals surface area contributed by atoms with Gasteiger partial charge in [-0.2, -0.15) is 0 Å². The number of hydrogen-bond donors (Lipinski definition) is 0. The first-order chi connectivity index (χ1) is 15.5. The molecule has 3 aliphatic rings. The summed E-state index contributed by atoms with van der Waals surface area (Å²) in [5.74, 6) is 0.533. The lowest BCUT2D eigenvalue weighted by Gasteiger charge is -2.49. The summed E-state index contributed by atoms with van der Waals surface area (Å²) in [4.78, 5) is 32.6. The third-order valence-corrected chi connectivity index (χ3v) is 6.23. The topological polar surface area (TPSA) is 81.1 Å². The molecule has 2 saturated heterocycles. The fraction of sp³-hybridized carbons (Fsp3) is 0.375. The molecule has 2 bridgehead atoms. The van der Waals surface area contributed by atoms with Crippen molar-refractivity contribution in [2.24, 2.45) is 5.92 Å². The van der Waals surface area contributed by atoms with Gasteiger partial charge in [-0.15, -0.1) is 0 Å². The molecule has 1 saturated carbocycles. The highest BCUT2D eigenvalue weighted by Crippen LogP contribution is 2.38. The predicted octanol–water partition coefficient (Wildman–Crippen LogP) is 3.76. The van der Waals surface area contributed by atoms with Crippen LogP contribution in [0.15, 0.2) is 42.9 Å². The van der Waals surface area contributed by atoms with Crippen LogP contribution in [-0.2, 0) is 0 Å². The van der Waals surface area contributed by atoms with E-state index in [-0.39, 0.29) is 23.9 Å². The number of hydrogen-bond acceptors (Lipinski definition) is 6. The van der Waals surface area contributed by atoms with Gasteiger partial charge in [-0.25, -0.2) is 24.3 Å². The quantitative estimate of drug-likeness (QED) is 0.623. The van der Waals surface area contributed by atoms with Crippen molar-refractivity contribution >= 4 is 5.91 Å². The van der Waals surface area contributed by atoms with Crippen molar-refractivity contribution in [3.63, 3.8) is 0 Å². The zero-order valence-electron chi connectivity index (χ0n) is 18.0. The summed E-state index contributed by atoms with van der Waals surface area (Å²) < 4.78 is 19.6. The van der Waals surface area contributed by atoms with Crippen LogP contribution in [0.5, 0.6) is 5.88 Å². The zero-order chi connectivity index (χ0) is 22.2. The van der Waals surface area contributed by atoms with E-state index in [1.165, 1.54) is 0 Å². The van der Waals surface area contributed by atoms with Gasteiger partial charge in [0.15, 0.2) is 11.6 Å². The number of carbonyl (C=O) groups excluding carboxylic acids is 1. The number of piperidine rings is 2. The van der Waals surface area contributed by atoms with E-state index in [9.17, 15) is 9.18 Å². The molecule has 3 atom stereocenters. The Bertz CT molecular complexity index is 1140. The van der Waals surface area contributed by atoms with E-state index in [1.54, 1.807) is 18.3 Å². The number of aromatic nitrogens is 4. The van der Waals surface area contributed by atoms with Gasteiger partial charge in [-0.05, 0) is 56.7 Å². The van der Waals surface area contributed by atoms with Crippen molar-refractivity contribution in [3.05, 3.63) is 65.5 Å². The van der Waals surface area contributed by atoms with E-state index in [1.807, 2.05) is 30.9 Å². The largest absolute Gasteiger partial charge is 0.472 e. The van der Waals surface area contributed by atoms with Gasteiger partial charge in [-0.3, -0.25) is 4.79 Å². The summed E-state index contributed by atoms with van der Waals surface area (Å²) in [6.07, 6.45) is 6.72. The second-order valence-corrected chi connectivity index (χ2v) is 8.61. The van der Waals surface area contributed by atoms with Crippen molar-refractivity contribution in [1.82, 2.24) is 24.8 Å². The van der Waals surface area contributed by atoms with Crippen LogP contribution in [0, 0.1) is 25.6 Å². The smallest absolute Gasteiger partial charge is 0.256 e. The summed E-state index contributed by atoms with van der Waals surface area (Å²) >= 11 is 0. The minimum atomic E-state index is -0.535. The first-order valence-corrected chi connectivity index (χ1v) is 10.8. The Morgan fingerprint density at radius 3 is 2.59 bits per heavy atom. The van der Waals surface area contributed by atoms with Crippen molar-refractivity contribution < 1.29 is 13.9 Å². The fourth-order valence-electron chi connectivity index (χ4n) is 4.66. The zero-order valence-corrected chi connectivity index (χ0v) is 18.0. The number of amides is 1. The molecule has 6 rings (SSSR count). The first-order valence-electron chi connectivity index (χ1n) is 10.8. The Hall–Kier alpha value is -3.42. The van der Waals surface area contributed by atoms with Gasteiger partial charge < -0.3 is 9.64 Å². The average Bonchev–Trinajstić information content (AvgIpc) is 2.81. The molecular weight excluding hydrogens is 409 g/mol. The summed E-state index contributed by atoms with van der Waals surface area (Å²) in [7, 11) is 0. The number of pyridine rings is 2. The van der Waals surface area contributed by atoms with Gasteiger partial charge in [0.05, 0.1) is 24.0 Å². The minimum absolute atomic E-state index is 0.0427. The predicted molar refractivity (Wildman–Crippen MR) is 116 cm³/mol. The number of rotatable bonds is 4. The molecule has 32 heavy (non-hydrogen) atoms. The molecule has 164 valence electrons. The molecule has 0 spiro atoms. The van der Waals surface area contributed by atoms with Crippen LogP contribution < -0.4 is 4.74 Å². The molecule has 8 heteroatoms. The molecule has 5 heterocycles. The Balaban J connectivity index is 1.44. The lowest BCUT2D eigenvalue weighted by molar-refractivity contribution is -0.0313. The van der Waals surface area contributed by atoms with Gasteiger partial charge in [-0.1, -0.05) is 6.07 Å². The van der Waals surface area contributed by atoms with E-state index in [0.29, 0.717) is 29.6 Å². The molecule has 3 aromatic rings. The molecule has 3 aromatic heterocycles. The van der Waals surface area contributed by atoms with Gasteiger partial charge in [0, 0.05) is 24.5 Å². The van der Waals surface area contributed by atoms with Crippen molar-refractivity contribution in [3.8, 4) is 17.4 Å². The molecule has 3 unspecified atom stereocenters. The number of aryl methyl sites for hydroxylation is 2. The number of ether oxygens (including phenoxy) is 1. The Labute approximate surface area is 185 Å². The fourth-order valence-corrected chi connectivity index (χ4v) is 4.66. The van der Waals surface area contributed by atoms with E-state index >= 15 is 0 Å². The van der Waals surface area contributed by atoms with Crippen LogP contribution >= 0.6 is 0 Å². The molecule has 1 aliphatic carbocycles. The maximum atomic E-state index is 13.7. The van der Waals surface area contributed by atoms with Crippen LogP contribution in [0.25, 0.3) is 11.5 Å². The number of fused-ring (bicyclic) bond motifs is 3. The van der Waals surface area contributed by atoms with Crippen molar-refractivity contribution in [2.45, 2.75) is 45.3 Å². The van der Waals surface area contributed by atoms with Gasteiger partial charge >= 0.3 is 0 Å². The maximum absolute atomic E-state index is 13.7. The number of halogens is 1. The third kappa shape index (κ3) is 3.92. The number of carbonyl (C=O) groups is 1. The van der Waals surface area contributed by atoms with E-state index in [4.69, 9.17) is 4.74 Å². The monoisotopic (exact) mass is 433 g/mol. The highest BCUT2D eigenvalue weighted by Gasteiger charge is 2.45. The highest BCUT2D eigenvalue weighted by molar-refractivity contribution is 5.99. The third-order valence-electron chi connectivity index (χ3n) is 6.23. The van der Waals surface area contributed by atoms with E-state index in [2.05, 4.69) is 19.9 Å². The van der Waals surface area contributed by atoms with Gasteiger partial charge in [0.2, 0.25) is 5.88 Å². The van der Waals surface area contributed by atoms with Crippen LogP contribution in [-0.4, -0.2) is 49.4 Å². The summed E-state index contributed by atoms with van der Waals surface area (Å²) in [5.41, 5.74) is 2.59. The lowest BCUT2D eigenvalue weighted by atomic mass is 9.77. The Morgan fingerprint density at radius 1 is 1.06 bits per heavy atom. The molecule has 0 radical (unpaired) electrons. The summed E-state index contributed by atoms with van der Waals surface area (Å²) in [5, 5.41) is 0. The average molecular weight is 433 g/mol. The molecule has 0 aromatic carbocycles. The van der Waals surface area contributed by atoms with Crippen LogP contribution in [0.3, 0.4) is 0 Å². The molecule has 1 amide bonds. The minimum Gasteiger partial charge on any atom is -0.472 e. The second kappa shape index (κ2) is 8.26. The van der Waals surface area contributed by atoms with Crippen molar-refractivity contribution in [1.29, 1.82) is 0 Å². The molecule has 3 fully saturated rings. The van der Waals surface area contributed by atoms with E-state index in [0.717, 1.165) is 42.9 Å². The van der Waals surface area contributed by atoms with Crippen LogP contribution in [0.4, 0.5) is 4.39 Å². The SMILES string of the molecule is Cc1ccc(OC2CC3CCC2N(C(=O)c2ccc(C)nc2-c2ncc(F)cn2)C3)nc1. The normalized spacial score (nSPS) is 22.1. The molecular formula is C24H24FN5O2. The molecule has 2 aliphatic heterocycles. The Kier molecular flexibility index (Phi) is 5.28.